The number of phenols is 2. The fourth-order valence-electron chi connectivity index (χ4n) is 4.48. The van der Waals surface area contributed by atoms with Crippen molar-refractivity contribution in [2.24, 2.45) is 11.7 Å². The number of alkyl halides is 3. The number of nitrogens with zero attached hydrogens (tertiary/aromatic N) is 2. The second-order valence-electron chi connectivity index (χ2n) is 9.78. The summed E-state index contributed by atoms with van der Waals surface area (Å²) in [6.45, 7) is 0.859. The lowest BCUT2D eigenvalue weighted by molar-refractivity contribution is -0.141. The molecule has 1 aromatic heterocycles. The third-order valence-corrected chi connectivity index (χ3v) is 6.77. The molecule has 40 heavy (non-hydrogen) atoms. The van der Waals surface area contributed by atoms with Crippen LogP contribution in [0.15, 0.2) is 72.8 Å². The van der Waals surface area contributed by atoms with Crippen molar-refractivity contribution in [3.05, 3.63) is 101 Å². The number of para-hydroxylation sites is 1. The Balaban J connectivity index is 1.47. The van der Waals surface area contributed by atoms with Crippen molar-refractivity contribution in [3.63, 3.8) is 0 Å². The maximum Gasteiger partial charge on any atom is 0.435 e. The number of carbonyl (C=O) groups excluding carboxylic acids is 1. The Bertz CT molecular complexity index is 1530. The van der Waals surface area contributed by atoms with Gasteiger partial charge in [-0.1, -0.05) is 36.4 Å². The Hall–Kier alpha value is -4.35. The highest BCUT2D eigenvalue weighted by molar-refractivity contribution is 6.03. The number of phenolic OH excluding ortho intramolecular Hbond substituents is 2. The maximum absolute atomic E-state index is 13.6. The number of rotatable bonds is 9. The maximum atomic E-state index is 13.6. The van der Waals surface area contributed by atoms with E-state index >= 15 is 0 Å². The molecule has 0 radical (unpaired) electrons. The highest BCUT2D eigenvalue weighted by atomic mass is 19.4. The number of anilines is 1. The summed E-state index contributed by atoms with van der Waals surface area (Å²) >= 11 is 0. The first-order valence-electron chi connectivity index (χ1n) is 12.8. The quantitative estimate of drug-likeness (QED) is 0.184. The summed E-state index contributed by atoms with van der Waals surface area (Å²) in [6, 6.07) is 18.1. The average Bonchev–Trinajstić information content (AvgIpc) is 3.64. The van der Waals surface area contributed by atoms with Crippen molar-refractivity contribution in [2.45, 2.75) is 31.6 Å². The van der Waals surface area contributed by atoms with Crippen molar-refractivity contribution in [1.82, 2.24) is 15.1 Å². The molecule has 0 bridgehead atoms. The van der Waals surface area contributed by atoms with Gasteiger partial charge in [0.25, 0.3) is 5.91 Å². The van der Waals surface area contributed by atoms with Crippen LogP contribution >= 0.6 is 0 Å². The van der Waals surface area contributed by atoms with Gasteiger partial charge in [-0.25, -0.2) is 4.68 Å². The van der Waals surface area contributed by atoms with Crippen LogP contribution < -0.4 is 16.4 Å². The van der Waals surface area contributed by atoms with E-state index in [1.165, 1.54) is 6.07 Å². The summed E-state index contributed by atoms with van der Waals surface area (Å²) in [5.41, 5.74) is 6.58. The number of hydrogen-bond donors (Lipinski definition) is 5. The van der Waals surface area contributed by atoms with Gasteiger partial charge in [-0.15, -0.1) is 0 Å². The van der Waals surface area contributed by atoms with Crippen LogP contribution in [-0.4, -0.2) is 32.4 Å². The first-order valence-corrected chi connectivity index (χ1v) is 12.8. The number of aromatic hydroxyl groups is 2. The predicted molar refractivity (Wildman–Crippen MR) is 143 cm³/mol. The monoisotopic (exact) mass is 551 g/mol. The van der Waals surface area contributed by atoms with Crippen LogP contribution in [0.2, 0.25) is 0 Å². The molecule has 1 amide bonds. The zero-order chi connectivity index (χ0) is 28.4. The van der Waals surface area contributed by atoms with Gasteiger partial charge in [-0.05, 0) is 66.8 Å². The van der Waals surface area contributed by atoms with E-state index in [4.69, 9.17) is 5.73 Å². The van der Waals surface area contributed by atoms with E-state index in [0.717, 1.165) is 17.5 Å². The van der Waals surface area contributed by atoms with E-state index in [-0.39, 0.29) is 29.4 Å². The van der Waals surface area contributed by atoms with Gasteiger partial charge in [0, 0.05) is 23.9 Å². The van der Waals surface area contributed by atoms with Crippen LogP contribution in [0.25, 0.3) is 5.69 Å². The molecule has 0 spiro atoms. The lowest BCUT2D eigenvalue weighted by Crippen LogP contribution is -2.25. The Morgan fingerprint density at radius 2 is 1.80 bits per heavy atom. The van der Waals surface area contributed by atoms with Crippen LogP contribution in [0.1, 0.15) is 51.8 Å². The zero-order valence-corrected chi connectivity index (χ0v) is 21.3. The first kappa shape index (κ1) is 27.2. The van der Waals surface area contributed by atoms with E-state index in [1.54, 1.807) is 60.7 Å². The van der Waals surface area contributed by atoms with Crippen LogP contribution in [0.4, 0.5) is 18.9 Å². The molecule has 1 unspecified atom stereocenters. The topological polar surface area (TPSA) is 125 Å². The summed E-state index contributed by atoms with van der Waals surface area (Å²) in [6.07, 6.45) is -2.55. The van der Waals surface area contributed by atoms with E-state index < -0.39 is 23.8 Å². The number of halogens is 3. The zero-order valence-electron chi connectivity index (χ0n) is 21.3. The number of aromatic nitrogens is 2. The number of nitrogens with one attached hydrogen (secondary N) is 2. The highest BCUT2D eigenvalue weighted by Gasteiger charge is 2.36. The SMILES string of the molecule is NCc1cccc(-n2nc(C(F)(F)F)cc2C(=O)Nc2cccc(C(NCC3CC3)c3cccc(O)c3O)c2)c1. The Morgan fingerprint density at radius 1 is 1.05 bits per heavy atom. The molecular weight excluding hydrogens is 523 g/mol. The highest BCUT2D eigenvalue weighted by Crippen LogP contribution is 2.37. The van der Waals surface area contributed by atoms with Crippen molar-refractivity contribution in [3.8, 4) is 17.2 Å². The van der Waals surface area contributed by atoms with Gasteiger partial charge in [0.05, 0.1) is 11.7 Å². The van der Waals surface area contributed by atoms with Crippen LogP contribution in [-0.2, 0) is 12.7 Å². The van der Waals surface area contributed by atoms with Gasteiger partial charge in [-0.2, -0.15) is 18.3 Å². The normalized spacial score (nSPS) is 14.2. The lowest BCUT2D eigenvalue weighted by atomic mass is 9.96. The van der Waals surface area contributed by atoms with Crippen molar-refractivity contribution in [2.75, 3.05) is 11.9 Å². The van der Waals surface area contributed by atoms with Crippen LogP contribution in [0, 0.1) is 5.92 Å². The van der Waals surface area contributed by atoms with Gasteiger partial charge in [0.15, 0.2) is 17.2 Å². The standard InChI is InChI=1S/C29H28F3N5O3/c30-29(31,32)25-14-23(37(36-25)21-7-1-4-18(12-21)15-33)28(40)35-20-6-2-5-19(13-20)26(34-16-17-10-11-17)22-8-3-9-24(38)27(22)39/h1-9,12-14,17,26,34,38-39H,10-11,15-16,33H2,(H,35,40). The molecule has 1 atom stereocenters. The second kappa shape index (κ2) is 11.0. The molecule has 1 heterocycles. The van der Waals surface area contributed by atoms with E-state index in [1.807, 2.05) is 0 Å². The van der Waals surface area contributed by atoms with Gasteiger partial charge in [0.1, 0.15) is 5.69 Å². The molecule has 1 aliphatic rings. The van der Waals surface area contributed by atoms with Crippen LogP contribution in [0.3, 0.4) is 0 Å². The first-order chi connectivity index (χ1) is 19.1. The minimum Gasteiger partial charge on any atom is -0.504 e. The molecule has 11 heteroatoms. The van der Waals surface area contributed by atoms with Gasteiger partial charge in [0.2, 0.25) is 0 Å². The molecule has 1 fully saturated rings. The molecule has 1 saturated carbocycles. The molecule has 0 aliphatic heterocycles. The van der Waals surface area contributed by atoms with Crippen molar-refractivity contribution >= 4 is 11.6 Å². The summed E-state index contributed by atoms with van der Waals surface area (Å²) in [5, 5.41) is 30.4. The molecule has 0 saturated heterocycles. The number of amides is 1. The van der Waals surface area contributed by atoms with Gasteiger partial charge >= 0.3 is 6.18 Å². The van der Waals surface area contributed by atoms with E-state index in [9.17, 15) is 28.2 Å². The van der Waals surface area contributed by atoms with Gasteiger partial charge < -0.3 is 26.6 Å². The summed E-state index contributed by atoms with van der Waals surface area (Å²) < 4.78 is 41.6. The van der Waals surface area contributed by atoms with E-state index in [0.29, 0.717) is 40.9 Å². The summed E-state index contributed by atoms with van der Waals surface area (Å²) in [4.78, 5) is 13.3. The van der Waals surface area contributed by atoms with Crippen molar-refractivity contribution < 1.29 is 28.2 Å². The number of nitrogens with two attached hydrogens (primary N) is 1. The Labute approximate surface area is 228 Å². The Morgan fingerprint density at radius 3 is 2.52 bits per heavy atom. The molecule has 8 nitrogen and oxygen atoms in total. The molecule has 5 rings (SSSR count). The van der Waals surface area contributed by atoms with Crippen LogP contribution in [0.5, 0.6) is 11.5 Å². The fourth-order valence-corrected chi connectivity index (χ4v) is 4.48. The Kier molecular flexibility index (Phi) is 7.51. The lowest BCUT2D eigenvalue weighted by Gasteiger charge is -2.22. The minimum atomic E-state index is -4.75. The summed E-state index contributed by atoms with van der Waals surface area (Å²) in [5.74, 6) is -0.784. The van der Waals surface area contributed by atoms with E-state index in [2.05, 4.69) is 15.7 Å². The minimum absolute atomic E-state index is 0.167. The smallest absolute Gasteiger partial charge is 0.435 e. The molecule has 3 aromatic carbocycles. The molecule has 1 aliphatic carbocycles. The third kappa shape index (κ3) is 5.95. The molecular formula is C29H28F3N5O3. The number of hydrogen-bond acceptors (Lipinski definition) is 6. The third-order valence-electron chi connectivity index (χ3n) is 6.77. The largest absolute Gasteiger partial charge is 0.504 e. The molecule has 4 aromatic rings. The fraction of sp³-hybridized carbons (Fsp3) is 0.241. The summed E-state index contributed by atoms with van der Waals surface area (Å²) in [7, 11) is 0. The second-order valence-corrected chi connectivity index (χ2v) is 9.78. The molecule has 208 valence electrons. The number of carbonyl (C=O) groups is 1. The number of benzene rings is 3. The molecule has 6 N–H and O–H groups in total. The van der Waals surface area contributed by atoms with Crippen molar-refractivity contribution in [1.29, 1.82) is 0 Å². The van der Waals surface area contributed by atoms with Gasteiger partial charge in [-0.3, -0.25) is 4.79 Å². The average molecular weight is 552 g/mol. The predicted octanol–water partition coefficient (Wildman–Crippen LogP) is 5.10.